The number of aromatic nitrogens is 1. The molecule has 0 saturated carbocycles. The van der Waals surface area contributed by atoms with Gasteiger partial charge in [0.25, 0.3) is 5.91 Å². The molecule has 1 aromatic heterocycles. The molecule has 0 spiro atoms. The first-order valence-electron chi connectivity index (χ1n) is 5.05. The second kappa shape index (κ2) is 5.77. The van der Waals surface area contributed by atoms with Crippen LogP contribution in [0.5, 0.6) is 0 Å². The van der Waals surface area contributed by atoms with E-state index in [1.807, 2.05) is 0 Å². The Morgan fingerprint density at radius 3 is 2.65 bits per heavy atom. The molecule has 0 aliphatic carbocycles. The van der Waals surface area contributed by atoms with Gasteiger partial charge in [-0.1, -0.05) is 0 Å². The van der Waals surface area contributed by atoms with Gasteiger partial charge in [-0.05, 0) is 35.8 Å². The van der Waals surface area contributed by atoms with Crippen LogP contribution >= 0.6 is 15.9 Å². The lowest BCUT2D eigenvalue weighted by atomic mass is 10.2. The molecule has 0 aromatic carbocycles. The summed E-state index contributed by atoms with van der Waals surface area (Å²) in [4.78, 5) is 28.0. The summed E-state index contributed by atoms with van der Waals surface area (Å²) in [5, 5.41) is 8.78. The largest absolute Gasteiger partial charge is 0.480 e. The number of carboxylic acid groups (broad SMARTS) is 1. The van der Waals surface area contributed by atoms with Gasteiger partial charge in [0, 0.05) is 22.9 Å². The average molecular weight is 301 g/mol. The quantitative estimate of drug-likeness (QED) is 0.920. The predicted molar refractivity (Wildman–Crippen MR) is 65.7 cm³/mol. The highest BCUT2D eigenvalue weighted by Gasteiger charge is 2.22. The van der Waals surface area contributed by atoms with E-state index in [9.17, 15) is 9.59 Å². The first-order valence-corrected chi connectivity index (χ1v) is 5.85. The fraction of sp³-hybridized carbons (Fsp3) is 0.364. The number of nitrogens with zero attached hydrogens (tertiary/aromatic N) is 2. The third kappa shape index (κ3) is 3.52. The monoisotopic (exact) mass is 300 g/mol. The summed E-state index contributed by atoms with van der Waals surface area (Å²) in [6, 6.07) is 1.38. The lowest BCUT2D eigenvalue weighted by Crippen LogP contribution is -2.40. The van der Waals surface area contributed by atoms with E-state index >= 15 is 0 Å². The highest BCUT2D eigenvalue weighted by Crippen LogP contribution is 2.17. The zero-order valence-corrected chi connectivity index (χ0v) is 11.1. The van der Waals surface area contributed by atoms with Crippen LogP contribution < -0.4 is 0 Å². The molecule has 0 unspecified atom stereocenters. The number of amides is 1. The molecule has 0 aliphatic rings. The summed E-state index contributed by atoms with van der Waals surface area (Å²) in [5.41, 5.74) is 0.412. The molecule has 1 amide bonds. The van der Waals surface area contributed by atoms with Gasteiger partial charge in [-0.25, -0.2) is 0 Å². The zero-order chi connectivity index (χ0) is 13.0. The summed E-state index contributed by atoms with van der Waals surface area (Å²) >= 11 is 3.22. The van der Waals surface area contributed by atoms with Gasteiger partial charge in [0.15, 0.2) is 0 Å². The summed E-state index contributed by atoms with van der Waals surface area (Å²) in [6.07, 6.45) is 3.00. The fourth-order valence-corrected chi connectivity index (χ4v) is 1.76. The molecular weight excluding hydrogens is 288 g/mol. The molecule has 1 rings (SSSR count). The SMILES string of the molecule is CC(C)N(CC(=O)O)C(=O)c1ccncc1Br. The molecule has 92 valence electrons. The molecule has 17 heavy (non-hydrogen) atoms. The van der Waals surface area contributed by atoms with Gasteiger partial charge >= 0.3 is 5.97 Å². The van der Waals surface area contributed by atoms with Gasteiger partial charge in [0.05, 0.1) is 5.56 Å². The number of carbonyl (C=O) groups is 2. The zero-order valence-electron chi connectivity index (χ0n) is 9.55. The van der Waals surface area contributed by atoms with Crippen LogP contribution in [0.2, 0.25) is 0 Å². The van der Waals surface area contributed by atoms with Crippen LogP contribution in [-0.4, -0.2) is 39.5 Å². The smallest absolute Gasteiger partial charge is 0.323 e. The number of carboxylic acids is 1. The topological polar surface area (TPSA) is 70.5 Å². The summed E-state index contributed by atoms with van der Waals surface area (Å²) in [7, 11) is 0. The summed E-state index contributed by atoms with van der Waals surface area (Å²) in [5.74, 6) is -1.35. The standard InChI is InChI=1S/C11H13BrN2O3/c1-7(2)14(6-10(15)16)11(17)8-3-4-13-5-9(8)12/h3-5,7H,6H2,1-2H3,(H,15,16). The van der Waals surface area contributed by atoms with Crippen LogP contribution in [0.1, 0.15) is 24.2 Å². The van der Waals surface area contributed by atoms with Crippen molar-refractivity contribution in [3.8, 4) is 0 Å². The van der Waals surface area contributed by atoms with Gasteiger partial charge in [-0.2, -0.15) is 0 Å². The third-order valence-corrected chi connectivity index (χ3v) is 2.82. The molecule has 0 bridgehead atoms. The Labute approximate surface area is 108 Å². The van der Waals surface area contributed by atoms with Gasteiger partial charge in [0.1, 0.15) is 6.54 Å². The molecule has 1 heterocycles. The van der Waals surface area contributed by atoms with Gasteiger partial charge < -0.3 is 10.0 Å². The molecule has 0 atom stereocenters. The highest BCUT2D eigenvalue weighted by atomic mass is 79.9. The lowest BCUT2D eigenvalue weighted by Gasteiger charge is -2.25. The van der Waals surface area contributed by atoms with Gasteiger partial charge in [0.2, 0.25) is 0 Å². The number of pyridine rings is 1. The first kappa shape index (κ1) is 13.6. The fourth-order valence-electron chi connectivity index (χ4n) is 1.34. The Morgan fingerprint density at radius 1 is 1.53 bits per heavy atom. The number of aliphatic carboxylic acids is 1. The summed E-state index contributed by atoms with van der Waals surface area (Å²) < 4.78 is 0.557. The molecule has 6 heteroatoms. The predicted octanol–water partition coefficient (Wildman–Crippen LogP) is 1.78. The van der Waals surface area contributed by atoms with Gasteiger partial charge in [-0.3, -0.25) is 14.6 Å². The van der Waals surface area contributed by atoms with E-state index in [4.69, 9.17) is 5.11 Å². The Balaban J connectivity index is 3.00. The number of hydrogen-bond acceptors (Lipinski definition) is 3. The maximum absolute atomic E-state index is 12.1. The minimum Gasteiger partial charge on any atom is -0.480 e. The van der Waals surface area contributed by atoms with E-state index in [0.717, 1.165) is 0 Å². The van der Waals surface area contributed by atoms with E-state index < -0.39 is 5.97 Å². The normalized spacial score (nSPS) is 10.4. The maximum atomic E-state index is 12.1. The molecule has 0 aliphatic heterocycles. The van der Waals surface area contributed by atoms with Crippen LogP contribution in [0.3, 0.4) is 0 Å². The second-order valence-corrected chi connectivity index (χ2v) is 4.63. The molecule has 0 saturated heterocycles. The number of rotatable bonds is 4. The Morgan fingerprint density at radius 2 is 2.18 bits per heavy atom. The minimum atomic E-state index is -1.03. The number of halogens is 1. The van der Waals surface area contributed by atoms with Crippen LogP contribution in [0, 0.1) is 0 Å². The minimum absolute atomic E-state index is 0.182. The van der Waals surface area contributed by atoms with Crippen molar-refractivity contribution in [3.05, 3.63) is 28.5 Å². The molecule has 0 radical (unpaired) electrons. The molecule has 1 aromatic rings. The van der Waals surface area contributed by atoms with E-state index in [-0.39, 0.29) is 18.5 Å². The molecule has 5 nitrogen and oxygen atoms in total. The second-order valence-electron chi connectivity index (χ2n) is 3.78. The van der Waals surface area contributed by atoms with Crippen molar-refractivity contribution in [2.75, 3.05) is 6.54 Å². The summed E-state index contributed by atoms with van der Waals surface area (Å²) in [6.45, 7) is 3.23. The van der Waals surface area contributed by atoms with E-state index in [1.54, 1.807) is 19.9 Å². The van der Waals surface area contributed by atoms with E-state index in [2.05, 4.69) is 20.9 Å². The Bertz CT molecular complexity index is 434. The molecule has 0 fully saturated rings. The van der Waals surface area contributed by atoms with Crippen molar-refractivity contribution in [2.45, 2.75) is 19.9 Å². The third-order valence-electron chi connectivity index (χ3n) is 2.19. The average Bonchev–Trinajstić information content (AvgIpc) is 2.25. The lowest BCUT2D eigenvalue weighted by molar-refractivity contribution is -0.138. The first-order chi connectivity index (χ1) is 7.93. The molecular formula is C11H13BrN2O3. The van der Waals surface area contributed by atoms with E-state index in [0.29, 0.717) is 10.0 Å². The van der Waals surface area contributed by atoms with Crippen molar-refractivity contribution in [2.24, 2.45) is 0 Å². The van der Waals surface area contributed by atoms with Crippen molar-refractivity contribution < 1.29 is 14.7 Å². The van der Waals surface area contributed by atoms with Crippen molar-refractivity contribution in [1.29, 1.82) is 0 Å². The van der Waals surface area contributed by atoms with Crippen molar-refractivity contribution in [1.82, 2.24) is 9.88 Å². The van der Waals surface area contributed by atoms with Crippen LogP contribution in [-0.2, 0) is 4.79 Å². The van der Waals surface area contributed by atoms with Gasteiger partial charge in [-0.15, -0.1) is 0 Å². The van der Waals surface area contributed by atoms with Crippen molar-refractivity contribution in [3.63, 3.8) is 0 Å². The van der Waals surface area contributed by atoms with Crippen LogP contribution in [0.25, 0.3) is 0 Å². The maximum Gasteiger partial charge on any atom is 0.323 e. The van der Waals surface area contributed by atoms with Crippen LogP contribution in [0.4, 0.5) is 0 Å². The van der Waals surface area contributed by atoms with Crippen molar-refractivity contribution >= 4 is 27.8 Å². The Hall–Kier alpha value is -1.43. The Kier molecular flexibility index (Phi) is 4.62. The van der Waals surface area contributed by atoms with Crippen LogP contribution in [0.15, 0.2) is 22.9 Å². The number of carbonyl (C=O) groups excluding carboxylic acids is 1. The highest BCUT2D eigenvalue weighted by molar-refractivity contribution is 9.10. The molecule has 1 N–H and O–H groups in total. The van der Waals surface area contributed by atoms with E-state index in [1.165, 1.54) is 17.3 Å². The number of hydrogen-bond donors (Lipinski definition) is 1.